The molecule has 1 N–H and O–H groups in total. The van der Waals surface area contributed by atoms with Crippen molar-refractivity contribution in [2.24, 2.45) is 0 Å². The van der Waals surface area contributed by atoms with Gasteiger partial charge in [-0.25, -0.2) is 0 Å². The van der Waals surface area contributed by atoms with E-state index < -0.39 is 4.92 Å². The fraction of sp³-hybridized carbons (Fsp3) is 0.188. The number of carbonyl (C=O) groups is 1. The summed E-state index contributed by atoms with van der Waals surface area (Å²) in [7, 11) is 1.55. The van der Waals surface area contributed by atoms with Gasteiger partial charge >= 0.3 is 0 Å². The van der Waals surface area contributed by atoms with Gasteiger partial charge in [0.15, 0.2) is 0 Å². The van der Waals surface area contributed by atoms with Crippen LogP contribution in [0.4, 0.5) is 5.69 Å². The Kier molecular flexibility index (Phi) is 5.33. The van der Waals surface area contributed by atoms with Gasteiger partial charge in [0.05, 0.1) is 12.0 Å². The van der Waals surface area contributed by atoms with Crippen LogP contribution >= 0.6 is 15.9 Å². The Morgan fingerprint density at radius 3 is 2.70 bits per heavy atom. The van der Waals surface area contributed by atoms with Crippen molar-refractivity contribution in [3.63, 3.8) is 0 Å². The molecule has 6 nitrogen and oxygen atoms in total. The zero-order valence-corrected chi connectivity index (χ0v) is 14.2. The van der Waals surface area contributed by atoms with Crippen molar-refractivity contribution in [3.05, 3.63) is 67.7 Å². The summed E-state index contributed by atoms with van der Waals surface area (Å²) in [5.41, 5.74) is 1.49. The molecule has 0 aliphatic carbocycles. The van der Waals surface area contributed by atoms with Crippen molar-refractivity contribution in [2.75, 3.05) is 7.11 Å². The maximum atomic E-state index is 12.2. The number of nitrogens with one attached hydrogen (secondary N) is 1. The number of nitro groups is 1. The van der Waals surface area contributed by atoms with E-state index in [0.717, 1.165) is 10.0 Å². The molecule has 1 amide bonds. The van der Waals surface area contributed by atoms with E-state index in [9.17, 15) is 14.9 Å². The summed E-state index contributed by atoms with van der Waals surface area (Å²) in [5, 5.41) is 13.7. The third-order valence-electron chi connectivity index (χ3n) is 3.35. The lowest BCUT2D eigenvalue weighted by Gasteiger charge is -2.10. The van der Waals surface area contributed by atoms with E-state index in [0.29, 0.717) is 11.3 Å². The predicted molar refractivity (Wildman–Crippen MR) is 89.7 cm³/mol. The van der Waals surface area contributed by atoms with E-state index in [1.165, 1.54) is 6.07 Å². The molecule has 0 atom stereocenters. The number of ether oxygens (including phenoxy) is 1. The van der Waals surface area contributed by atoms with E-state index in [1.54, 1.807) is 32.2 Å². The topological polar surface area (TPSA) is 81.5 Å². The number of carbonyl (C=O) groups excluding carboxylic acids is 1. The van der Waals surface area contributed by atoms with Crippen molar-refractivity contribution >= 4 is 27.5 Å². The summed E-state index contributed by atoms with van der Waals surface area (Å²) in [4.78, 5) is 22.7. The molecule has 120 valence electrons. The maximum absolute atomic E-state index is 12.2. The second-order valence-electron chi connectivity index (χ2n) is 4.90. The number of benzene rings is 2. The Hall–Kier alpha value is -2.41. The van der Waals surface area contributed by atoms with Gasteiger partial charge in [0.25, 0.3) is 11.6 Å². The number of aryl methyl sites for hydroxylation is 1. The maximum Gasteiger partial charge on any atom is 0.273 e. The first-order valence-corrected chi connectivity index (χ1v) is 7.57. The van der Waals surface area contributed by atoms with Gasteiger partial charge in [0.2, 0.25) is 0 Å². The molecule has 0 unspecified atom stereocenters. The molecule has 23 heavy (non-hydrogen) atoms. The highest BCUT2D eigenvalue weighted by atomic mass is 79.9. The number of nitro benzene ring substituents is 1. The highest BCUT2D eigenvalue weighted by Gasteiger charge is 2.15. The van der Waals surface area contributed by atoms with Crippen LogP contribution in [0.25, 0.3) is 0 Å². The van der Waals surface area contributed by atoms with Crippen molar-refractivity contribution in [1.82, 2.24) is 5.32 Å². The van der Waals surface area contributed by atoms with E-state index in [4.69, 9.17) is 4.74 Å². The van der Waals surface area contributed by atoms with E-state index in [-0.39, 0.29) is 23.7 Å². The third kappa shape index (κ3) is 4.07. The lowest BCUT2D eigenvalue weighted by Crippen LogP contribution is -2.23. The van der Waals surface area contributed by atoms with Crippen molar-refractivity contribution in [3.8, 4) is 5.75 Å². The summed E-state index contributed by atoms with van der Waals surface area (Å²) in [6, 6.07) is 9.89. The van der Waals surface area contributed by atoms with Gasteiger partial charge in [-0.05, 0) is 31.2 Å². The second kappa shape index (κ2) is 7.23. The van der Waals surface area contributed by atoms with Crippen LogP contribution < -0.4 is 10.1 Å². The number of nitrogens with zero attached hydrogens (tertiary/aromatic N) is 1. The molecule has 0 aliphatic heterocycles. The van der Waals surface area contributed by atoms with Crippen LogP contribution in [-0.4, -0.2) is 17.9 Å². The average Bonchev–Trinajstić information content (AvgIpc) is 2.52. The quantitative estimate of drug-likeness (QED) is 0.636. The summed E-state index contributed by atoms with van der Waals surface area (Å²) < 4.78 is 6.11. The summed E-state index contributed by atoms with van der Waals surface area (Å²) >= 11 is 3.37. The Balaban J connectivity index is 2.16. The van der Waals surface area contributed by atoms with Crippen LogP contribution in [0.1, 0.15) is 21.5 Å². The molecule has 0 aliphatic rings. The fourth-order valence-electron chi connectivity index (χ4n) is 2.11. The average molecular weight is 379 g/mol. The van der Waals surface area contributed by atoms with Crippen LogP contribution in [0.2, 0.25) is 0 Å². The zero-order chi connectivity index (χ0) is 17.0. The minimum absolute atomic E-state index is 0.0716. The molecule has 0 aromatic heterocycles. The van der Waals surface area contributed by atoms with Crippen LogP contribution in [0.5, 0.6) is 5.75 Å². The molecule has 0 heterocycles. The molecule has 0 fully saturated rings. The zero-order valence-electron chi connectivity index (χ0n) is 12.6. The van der Waals surface area contributed by atoms with E-state index >= 15 is 0 Å². The Labute approximate surface area is 141 Å². The molecular formula is C16H15BrN2O4. The van der Waals surface area contributed by atoms with Crippen LogP contribution in [0, 0.1) is 17.0 Å². The normalized spacial score (nSPS) is 10.2. The minimum atomic E-state index is -0.497. The molecule has 2 rings (SSSR count). The molecule has 2 aromatic rings. The number of hydrogen-bond donors (Lipinski definition) is 1. The van der Waals surface area contributed by atoms with Crippen molar-refractivity contribution < 1.29 is 14.5 Å². The first kappa shape index (κ1) is 17.0. The Morgan fingerprint density at radius 2 is 2.04 bits per heavy atom. The number of rotatable bonds is 5. The first-order valence-electron chi connectivity index (χ1n) is 6.78. The molecule has 0 spiro atoms. The summed E-state index contributed by atoms with van der Waals surface area (Å²) in [6.45, 7) is 1.88. The Bertz CT molecular complexity index is 762. The number of methoxy groups -OCH3 is 1. The van der Waals surface area contributed by atoms with Gasteiger partial charge < -0.3 is 10.1 Å². The smallest absolute Gasteiger partial charge is 0.273 e. The van der Waals surface area contributed by atoms with Gasteiger partial charge in [-0.15, -0.1) is 0 Å². The second-order valence-corrected chi connectivity index (χ2v) is 5.81. The highest BCUT2D eigenvalue weighted by Crippen LogP contribution is 2.23. The SMILES string of the molecule is COc1ccc(Br)cc1CNC(=O)c1ccc(C)c([N+](=O)[O-])c1. The van der Waals surface area contributed by atoms with Crippen LogP contribution in [-0.2, 0) is 6.54 Å². The van der Waals surface area contributed by atoms with E-state index in [2.05, 4.69) is 21.2 Å². The fourth-order valence-corrected chi connectivity index (χ4v) is 2.52. The molecular weight excluding hydrogens is 364 g/mol. The summed E-state index contributed by atoms with van der Waals surface area (Å²) in [6.07, 6.45) is 0. The molecule has 0 bridgehead atoms. The lowest BCUT2D eigenvalue weighted by atomic mass is 10.1. The molecule has 0 saturated carbocycles. The molecule has 0 saturated heterocycles. The van der Waals surface area contributed by atoms with Gasteiger partial charge in [0.1, 0.15) is 5.75 Å². The number of hydrogen-bond acceptors (Lipinski definition) is 4. The van der Waals surface area contributed by atoms with Gasteiger partial charge in [-0.2, -0.15) is 0 Å². The monoisotopic (exact) mass is 378 g/mol. The largest absolute Gasteiger partial charge is 0.496 e. The minimum Gasteiger partial charge on any atom is -0.496 e. The van der Waals surface area contributed by atoms with Crippen molar-refractivity contribution in [1.29, 1.82) is 0 Å². The van der Waals surface area contributed by atoms with Gasteiger partial charge in [-0.1, -0.05) is 22.0 Å². The predicted octanol–water partition coefficient (Wildman–Crippen LogP) is 3.60. The standard InChI is InChI=1S/C16H15BrN2O4/c1-10-3-4-11(8-14(10)19(21)22)16(20)18-9-12-7-13(17)5-6-15(12)23-2/h3-8H,9H2,1-2H3,(H,18,20). The number of halogens is 1. The van der Waals surface area contributed by atoms with E-state index in [1.807, 2.05) is 12.1 Å². The molecule has 0 radical (unpaired) electrons. The first-order chi connectivity index (χ1) is 10.9. The van der Waals surface area contributed by atoms with Crippen molar-refractivity contribution in [2.45, 2.75) is 13.5 Å². The van der Waals surface area contributed by atoms with Crippen LogP contribution in [0.15, 0.2) is 40.9 Å². The summed E-state index contributed by atoms with van der Waals surface area (Å²) in [5.74, 6) is 0.276. The highest BCUT2D eigenvalue weighted by molar-refractivity contribution is 9.10. The third-order valence-corrected chi connectivity index (χ3v) is 3.84. The molecule has 2 aromatic carbocycles. The number of amides is 1. The lowest BCUT2D eigenvalue weighted by molar-refractivity contribution is -0.385. The molecule has 7 heteroatoms. The van der Waals surface area contributed by atoms with Crippen LogP contribution in [0.3, 0.4) is 0 Å². The Morgan fingerprint density at radius 1 is 1.30 bits per heavy atom. The van der Waals surface area contributed by atoms with Gasteiger partial charge in [0, 0.05) is 33.8 Å². The van der Waals surface area contributed by atoms with Gasteiger partial charge in [-0.3, -0.25) is 14.9 Å².